The molecular formula is C35H36ClN3O4. The average Bonchev–Trinajstić information content (AvgIpc) is 3.66. The number of carbonyl (C=O) groups excluding carboxylic acids is 1. The second-order valence-corrected chi connectivity index (χ2v) is 11.5. The second-order valence-electron chi connectivity index (χ2n) is 11.0. The van der Waals surface area contributed by atoms with Gasteiger partial charge in [-0.05, 0) is 71.5 Å². The van der Waals surface area contributed by atoms with Gasteiger partial charge in [0.15, 0.2) is 11.5 Å². The Bertz CT molecular complexity index is 1530. The van der Waals surface area contributed by atoms with Crippen LogP contribution >= 0.6 is 11.6 Å². The molecule has 0 saturated carbocycles. The van der Waals surface area contributed by atoms with Gasteiger partial charge in [-0.3, -0.25) is 9.69 Å². The van der Waals surface area contributed by atoms with Crippen LogP contribution in [0.25, 0.3) is 0 Å². The van der Waals surface area contributed by atoms with Gasteiger partial charge in [0, 0.05) is 37.2 Å². The number of ether oxygens (including phenoxy) is 3. The number of rotatable bonds is 12. The molecule has 1 amide bonds. The summed E-state index contributed by atoms with van der Waals surface area (Å²) in [6.07, 6.45) is 1.44. The topological polar surface area (TPSA) is 72.1 Å². The molecule has 4 aromatic rings. The number of nitrogens with one attached hydrogen (secondary N) is 2. The first-order valence-electron chi connectivity index (χ1n) is 14.7. The first kappa shape index (κ1) is 29.1. The Kier molecular flexibility index (Phi) is 9.43. The molecule has 0 spiro atoms. The van der Waals surface area contributed by atoms with Crippen LogP contribution in [0.15, 0.2) is 97.1 Å². The van der Waals surface area contributed by atoms with E-state index in [1.165, 1.54) is 0 Å². The fourth-order valence-corrected chi connectivity index (χ4v) is 5.87. The van der Waals surface area contributed by atoms with Crippen LogP contribution < -0.4 is 24.8 Å². The van der Waals surface area contributed by atoms with Gasteiger partial charge in [0.25, 0.3) is 0 Å². The molecular weight excluding hydrogens is 562 g/mol. The predicted octanol–water partition coefficient (Wildman–Crippen LogP) is 5.74. The van der Waals surface area contributed by atoms with Crippen molar-refractivity contribution in [3.05, 3.63) is 124 Å². The van der Waals surface area contributed by atoms with Crippen molar-refractivity contribution in [2.24, 2.45) is 0 Å². The van der Waals surface area contributed by atoms with Crippen LogP contribution in [0.5, 0.6) is 17.2 Å². The SMILES string of the molecule is O=C(NCCc1ccc2c(c1)OCO2)[C@@H]1C[C@@H](NCc2cccc(OCc3ccccc3)c2)CN1Cc1cccc(Cl)c1. The Hall–Kier alpha value is -4.04. The summed E-state index contributed by atoms with van der Waals surface area (Å²) in [6.45, 7) is 3.44. The number of amides is 1. The summed E-state index contributed by atoms with van der Waals surface area (Å²) in [5.74, 6) is 2.41. The van der Waals surface area contributed by atoms with Crippen LogP contribution in [-0.2, 0) is 30.9 Å². The Balaban J connectivity index is 1.05. The van der Waals surface area contributed by atoms with Crippen molar-refractivity contribution in [1.29, 1.82) is 0 Å². The minimum atomic E-state index is -0.242. The second kappa shape index (κ2) is 14.0. The van der Waals surface area contributed by atoms with Gasteiger partial charge in [-0.1, -0.05) is 72.3 Å². The zero-order valence-corrected chi connectivity index (χ0v) is 24.8. The first-order chi connectivity index (χ1) is 21.1. The number of hydrogen-bond donors (Lipinski definition) is 2. The molecule has 0 aliphatic carbocycles. The van der Waals surface area contributed by atoms with E-state index in [0.717, 1.165) is 52.5 Å². The number of likely N-dealkylation sites (tertiary alicyclic amines) is 1. The molecule has 0 radical (unpaired) electrons. The van der Waals surface area contributed by atoms with E-state index in [0.29, 0.717) is 37.7 Å². The van der Waals surface area contributed by atoms with Crippen LogP contribution in [0.2, 0.25) is 5.02 Å². The van der Waals surface area contributed by atoms with E-state index in [1.54, 1.807) is 0 Å². The average molecular weight is 598 g/mol. The highest BCUT2D eigenvalue weighted by molar-refractivity contribution is 6.30. The predicted molar refractivity (Wildman–Crippen MR) is 167 cm³/mol. The maximum atomic E-state index is 13.5. The van der Waals surface area contributed by atoms with Gasteiger partial charge < -0.3 is 24.8 Å². The lowest BCUT2D eigenvalue weighted by atomic mass is 10.1. The van der Waals surface area contributed by atoms with E-state index in [9.17, 15) is 4.79 Å². The lowest BCUT2D eigenvalue weighted by Gasteiger charge is -2.23. The maximum absolute atomic E-state index is 13.5. The zero-order valence-electron chi connectivity index (χ0n) is 24.0. The van der Waals surface area contributed by atoms with Gasteiger partial charge in [0.2, 0.25) is 12.7 Å². The van der Waals surface area contributed by atoms with E-state index >= 15 is 0 Å². The Labute approximate surface area is 257 Å². The molecule has 0 bridgehead atoms. The fourth-order valence-electron chi connectivity index (χ4n) is 5.66. The molecule has 0 aromatic heterocycles. The van der Waals surface area contributed by atoms with Crippen molar-refractivity contribution in [1.82, 2.24) is 15.5 Å². The quantitative estimate of drug-likeness (QED) is 0.217. The molecule has 6 rings (SSSR count). The van der Waals surface area contributed by atoms with Gasteiger partial charge in [-0.25, -0.2) is 0 Å². The van der Waals surface area contributed by atoms with Crippen molar-refractivity contribution >= 4 is 17.5 Å². The fraction of sp³-hybridized carbons (Fsp3) is 0.286. The smallest absolute Gasteiger partial charge is 0.237 e. The molecule has 1 fully saturated rings. The molecule has 222 valence electrons. The highest BCUT2D eigenvalue weighted by Gasteiger charge is 2.36. The molecule has 2 heterocycles. The Morgan fingerprint density at radius 3 is 2.56 bits per heavy atom. The lowest BCUT2D eigenvalue weighted by molar-refractivity contribution is -0.125. The molecule has 0 unspecified atom stereocenters. The zero-order chi connectivity index (χ0) is 29.4. The highest BCUT2D eigenvalue weighted by Crippen LogP contribution is 2.32. The summed E-state index contributed by atoms with van der Waals surface area (Å²) in [7, 11) is 0. The maximum Gasteiger partial charge on any atom is 0.237 e. The third kappa shape index (κ3) is 7.87. The van der Waals surface area contributed by atoms with Crippen LogP contribution in [0.4, 0.5) is 0 Å². The van der Waals surface area contributed by atoms with E-state index in [2.05, 4.69) is 45.9 Å². The summed E-state index contributed by atoms with van der Waals surface area (Å²) in [4.78, 5) is 15.7. The molecule has 1 saturated heterocycles. The van der Waals surface area contributed by atoms with Gasteiger partial charge in [-0.2, -0.15) is 0 Å². The standard InChI is InChI=1S/C35H36ClN3O4/c36-29-10-4-9-28(16-29)21-39-22-30(38-20-27-8-5-11-31(17-27)41-23-26-6-2-1-3-7-26)19-32(39)35(40)37-15-14-25-12-13-33-34(18-25)43-24-42-33/h1-13,16-18,30,32,38H,14-15,19-24H2,(H,37,40)/t30-,32+/m1/s1. The van der Waals surface area contributed by atoms with Crippen molar-refractivity contribution in [2.45, 2.75) is 44.6 Å². The molecule has 8 heteroatoms. The third-order valence-electron chi connectivity index (χ3n) is 7.87. The Morgan fingerprint density at radius 2 is 1.67 bits per heavy atom. The van der Waals surface area contributed by atoms with E-state index < -0.39 is 0 Å². The van der Waals surface area contributed by atoms with Crippen LogP contribution in [0, 0.1) is 0 Å². The van der Waals surface area contributed by atoms with Gasteiger partial charge in [-0.15, -0.1) is 0 Å². The number of benzene rings is 4. The van der Waals surface area contributed by atoms with Gasteiger partial charge in [0.1, 0.15) is 12.4 Å². The number of carbonyl (C=O) groups is 1. The lowest BCUT2D eigenvalue weighted by Crippen LogP contribution is -2.43. The molecule has 2 aliphatic rings. The van der Waals surface area contributed by atoms with Gasteiger partial charge in [0.05, 0.1) is 6.04 Å². The molecule has 7 nitrogen and oxygen atoms in total. The molecule has 4 aromatic carbocycles. The number of nitrogens with zero attached hydrogens (tertiary/aromatic N) is 1. The van der Waals surface area contributed by atoms with Crippen molar-refractivity contribution in [3.63, 3.8) is 0 Å². The van der Waals surface area contributed by atoms with Crippen molar-refractivity contribution in [3.8, 4) is 17.2 Å². The molecule has 2 N–H and O–H groups in total. The summed E-state index contributed by atoms with van der Waals surface area (Å²) in [5.41, 5.74) is 4.47. The van der Waals surface area contributed by atoms with E-state index in [4.69, 9.17) is 25.8 Å². The third-order valence-corrected chi connectivity index (χ3v) is 8.11. The summed E-state index contributed by atoms with van der Waals surface area (Å²) < 4.78 is 16.9. The van der Waals surface area contributed by atoms with Crippen LogP contribution in [-0.4, -0.2) is 42.8 Å². The normalized spacial score (nSPS) is 17.6. The molecule has 43 heavy (non-hydrogen) atoms. The highest BCUT2D eigenvalue weighted by atomic mass is 35.5. The number of halogens is 1. The van der Waals surface area contributed by atoms with E-state index in [1.807, 2.05) is 66.7 Å². The van der Waals surface area contributed by atoms with Crippen molar-refractivity contribution in [2.75, 3.05) is 19.9 Å². The monoisotopic (exact) mass is 597 g/mol. The summed E-state index contributed by atoms with van der Waals surface area (Å²) >= 11 is 6.27. The van der Waals surface area contributed by atoms with Gasteiger partial charge >= 0.3 is 0 Å². The van der Waals surface area contributed by atoms with Crippen molar-refractivity contribution < 1.29 is 19.0 Å². The number of fused-ring (bicyclic) bond motifs is 1. The van der Waals surface area contributed by atoms with Crippen LogP contribution in [0.1, 0.15) is 28.7 Å². The van der Waals surface area contributed by atoms with E-state index in [-0.39, 0.29) is 24.8 Å². The number of hydrogen-bond acceptors (Lipinski definition) is 6. The summed E-state index contributed by atoms with van der Waals surface area (Å²) in [6, 6.07) is 32.0. The Morgan fingerprint density at radius 1 is 0.860 bits per heavy atom. The molecule has 2 atom stereocenters. The summed E-state index contributed by atoms with van der Waals surface area (Å²) in [5, 5.41) is 7.56. The minimum absolute atomic E-state index is 0.0448. The largest absolute Gasteiger partial charge is 0.489 e. The van der Waals surface area contributed by atoms with Crippen LogP contribution in [0.3, 0.4) is 0 Å². The minimum Gasteiger partial charge on any atom is -0.489 e. The first-order valence-corrected chi connectivity index (χ1v) is 15.1. The molecule has 2 aliphatic heterocycles.